The van der Waals surface area contributed by atoms with Gasteiger partial charge in [-0.25, -0.2) is 0 Å². The van der Waals surface area contributed by atoms with E-state index in [0.717, 1.165) is 18.8 Å². The lowest BCUT2D eigenvalue weighted by molar-refractivity contribution is 0.147. The molecule has 18 heavy (non-hydrogen) atoms. The Kier molecular flexibility index (Phi) is 13.4. The Hall–Kier alpha value is -0.0400. The number of hydrogen-bond acceptors (Lipinski definition) is 1. The van der Waals surface area contributed by atoms with Gasteiger partial charge in [0.1, 0.15) is 0 Å². The summed E-state index contributed by atoms with van der Waals surface area (Å²) < 4.78 is 0. The van der Waals surface area contributed by atoms with Gasteiger partial charge in [-0.1, -0.05) is 85.0 Å². The second-order valence-corrected chi connectivity index (χ2v) is 6.01. The molecule has 0 amide bonds. The van der Waals surface area contributed by atoms with Gasteiger partial charge < -0.3 is 5.11 Å². The van der Waals surface area contributed by atoms with Crippen LogP contribution in [0, 0.1) is 5.92 Å². The minimum atomic E-state index is -0.0322. The lowest BCUT2D eigenvalue weighted by atomic mass is 9.99. The monoisotopic (exact) mass is 256 g/mol. The minimum Gasteiger partial charge on any atom is -0.393 e. The molecule has 2 atom stereocenters. The highest BCUT2D eigenvalue weighted by molar-refractivity contribution is 4.58. The number of aliphatic hydroxyl groups excluding tert-OH is 1. The normalized spacial score (nSPS) is 14.7. The second kappa shape index (κ2) is 13.4. The third-order valence-electron chi connectivity index (χ3n) is 4.07. The number of unbranched alkanes of at least 4 members (excludes halogenated alkanes) is 6. The van der Waals surface area contributed by atoms with Gasteiger partial charge in [-0.15, -0.1) is 0 Å². The van der Waals surface area contributed by atoms with Crippen molar-refractivity contribution in [1.82, 2.24) is 0 Å². The summed E-state index contributed by atoms with van der Waals surface area (Å²) in [6.45, 7) is 6.85. The highest BCUT2D eigenvalue weighted by Crippen LogP contribution is 2.15. The molecule has 0 heterocycles. The third-order valence-corrected chi connectivity index (χ3v) is 4.07. The maximum atomic E-state index is 9.86. The number of hydrogen-bond donors (Lipinski definition) is 1. The Balaban J connectivity index is 3.19. The molecule has 0 aromatic carbocycles. The van der Waals surface area contributed by atoms with Crippen LogP contribution in [0.5, 0.6) is 0 Å². The fraction of sp³-hybridized carbons (Fsp3) is 1.00. The van der Waals surface area contributed by atoms with Gasteiger partial charge >= 0.3 is 0 Å². The Bertz CT molecular complexity index is 156. The van der Waals surface area contributed by atoms with E-state index in [2.05, 4.69) is 20.8 Å². The zero-order chi connectivity index (χ0) is 13.6. The van der Waals surface area contributed by atoms with Gasteiger partial charge in [0.2, 0.25) is 0 Å². The van der Waals surface area contributed by atoms with Gasteiger partial charge in [0.15, 0.2) is 0 Å². The lowest BCUT2D eigenvalue weighted by Crippen LogP contribution is -2.06. The van der Waals surface area contributed by atoms with Gasteiger partial charge in [0.05, 0.1) is 6.10 Å². The van der Waals surface area contributed by atoms with Gasteiger partial charge in [-0.3, -0.25) is 0 Å². The molecule has 1 heteroatoms. The van der Waals surface area contributed by atoms with Gasteiger partial charge in [-0.2, -0.15) is 0 Å². The fourth-order valence-electron chi connectivity index (χ4n) is 2.38. The molecule has 0 saturated carbocycles. The maximum Gasteiger partial charge on any atom is 0.0540 e. The Morgan fingerprint density at radius 1 is 0.722 bits per heavy atom. The largest absolute Gasteiger partial charge is 0.393 e. The van der Waals surface area contributed by atoms with E-state index in [4.69, 9.17) is 0 Å². The molecular formula is C17H36O. The van der Waals surface area contributed by atoms with Gasteiger partial charge in [-0.05, 0) is 18.8 Å². The second-order valence-electron chi connectivity index (χ2n) is 6.01. The molecule has 1 unspecified atom stereocenters. The van der Waals surface area contributed by atoms with Crippen molar-refractivity contribution in [2.24, 2.45) is 5.92 Å². The summed E-state index contributed by atoms with van der Waals surface area (Å²) in [4.78, 5) is 0. The molecule has 110 valence electrons. The molecule has 1 nitrogen and oxygen atoms in total. The van der Waals surface area contributed by atoms with Crippen LogP contribution in [0.25, 0.3) is 0 Å². The molecular weight excluding hydrogens is 220 g/mol. The van der Waals surface area contributed by atoms with Crippen molar-refractivity contribution in [1.29, 1.82) is 0 Å². The van der Waals surface area contributed by atoms with Crippen LogP contribution in [-0.4, -0.2) is 11.2 Å². The van der Waals surface area contributed by atoms with E-state index >= 15 is 0 Å². The molecule has 0 aromatic rings. The van der Waals surface area contributed by atoms with Crippen LogP contribution < -0.4 is 0 Å². The van der Waals surface area contributed by atoms with E-state index < -0.39 is 0 Å². The minimum absolute atomic E-state index is 0.0322. The van der Waals surface area contributed by atoms with E-state index in [1.807, 2.05) is 0 Å². The van der Waals surface area contributed by atoms with E-state index in [0.29, 0.717) is 0 Å². The molecule has 1 N–H and O–H groups in total. The van der Waals surface area contributed by atoms with Crippen molar-refractivity contribution in [3.63, 3.8) is 0 Å². The fourth-order valence-corrected chi connectivity index (χ4v) is 2.38. The van der Waals surface area contributed by atoms with E-state index in [1.165, 1.54) is 64.2 Å². The van der Waals surface area contributed by atoms with Crippen LogP contribution >= 0.6 is 0 Å². The highest BCUT2D eigenvalue weighted by atomic mass is 16.3. The summed E-state index contributed by atoms with van der Waals surface area (Å²) in [5, 5.41) is 9.86. The first-order chi connectivity index (χ1) is 8.70. The molecule has 0 bridgehead atoms. The van der Waals surface area contributed by atoms with E-state index in [9.17, 15) is 5.11 Å². The Morgan fingerprint density at radius 2 is 1.22 bits per heavy atom. The summed E-state index contributed by atoms with van der Waals surface area (Å²) in [7, 11) is 0. The Morgan fingerprint density at radius 3 is 1.78 bits per heavy atom. The van der Waals surface area contributed by atoms with Crippen LogP contribution in [0.3, 0.4) is 0 Å². The quantitative estimate of drug-likeness (QED) is 0.419. The number of rotatable bonds is 13. The number of aliphatic hydroxyl groups is 1. The van der Waals surface area contributed by atoms with Crippen LogP contribution in [0.2, 0.25) is 0 Å². The summed E-state index contributed by atoms with van der Waals surface area (Å²) in [6.07, 6.45) is 15.1. The van der Waals surface area contributed by atoms with Crippen LogP contribution in [0.1, 0.15) is 97.8 Å². The molecule has 0 saturated heterocycles. The highest BCUT2D eigenvalue weighted by Gasteiger charge is 2.04. The first kappa shape index (κ1) is 18.0. The lowest BCUT2D eigenvalue weighted by Gasteiger charge is -2.11. The maximum absolute atomic E-state index is 9.86. The van der Waals surface area contributed by atoms with Gasteiger partial charge in [0.25, 0.3) is 0 Å². The molecule has 0 aliphatic rings. The molecule has 0 aliphatic heterocycles. The van der Waals surface area contributed by atoms with Crippen molar-refractivity contribution in [3.8, 4) is 0 Å². The van der Waals surface area contributed by atoms with Crippen LogP contribution in [-0.2, 0) is 0 Å². The molecule has 0 rings (SSSR count). The predicted molar refractivity (Wildman–Crippen MR) is 81.9 cm³/mol. The van der Waals surface area contributed by atoms with E-state index in [1.54, 1.807) is 0 Å². The first-order valence-corrected chi connectivity index (χ1v) is 8.38. The average molecular weight is 256 g/mol. The van der Waals surface area contributed by atoms with Gasteiger partial charge in [0, 0.05) is 0 Å². The average Bonchev–Trinajstić information content (AvgIpc) is 2.37. The van der Waals surface area contributed by atoms with Crippen LogP contribution in [0.15, 0.2) is 0 Å². The standard InChI is InChI=1S/C17H36O/c1-4-6-7-8-11-14-17(18)15-12-9-10-13-16(3)5-2/h16-18H,4-15H2,1-3H3/t16?,17-/m1/s1. The summed E-state index contributed by atoms with van der Waals surface area (Å²) >= 11 is 0. The van der Waals surface area contributed by atoms with Crippen LogP contribution in [0.4, 0.5) is 0 Å². The van der Waals surface area contributed by atoms with Crippen molar-refractivity contribution in [2.75, 3.05) is 0 Å². The zero-order valence-electron chi connectivity index (χ0n) is 13.1. The van der Waals surface area contributed by atoms with E-state index in [-0.39, 0.29) is 6.10 Å². The van der Waals surface area contributed by atoms with Crippen molar-refractivity contribution in [2.45, 2.75) is 104 Å². The van der Waals surface area contributed by atoms with Crippen molar-refractivity contribution >= 4 is 0 Å². The molecule has 0 aliphatic carbocycles. The summed E-state index contributed by atoms with van der Waals surface area (Å²) in [6, 6.07) is 0. The summed E-state index contributed by atoms with van der Waals surface area (Å²) in [5.41, 5.74) is 0. The first-order valence-electron chi connectivity index (χ1n) is 8.38. The van der Waals surface area contributed by atoms with Crippen molar-refractivity contribution in [3.05, 3.63) is 0 Å². The Labute approximate surface area is 115 Å². The molecule has 0 spiro atoms. The molecule has 0 radical (unpaired) electrons. The third kappa shape index (κ3) is 12.4. The predicted octanol–water partition coefficient (Wildman–Crippen LogP) is 5.70. The topological polar surface area (TPSA) is 20.2 Å². The molecule has 0 fully saturated rings. The molecule has 0 aromatic heterocycles. The zero-order valence-corrected chi connectivity index (χ0v) is 13.1. The SMILES string of the molecule is CCCCCCC[C@@H](O)CCCCCC(C)CC. The smallest absolute Gasteiger partial charge is 0.0540 e. The summed E-state index contributed by atoms with van der Waals surface area (Å²) in [5.74, 6) is 0.883. The van der Waals surface area contributed by atoms with Crippen molar-refractivity contribution < 1.29 is 5.11 Å².